The van der Waals surface area contributed by atoms with Crippen molar-refractivity contribution in [3.05, 3.63) is 66.2 Å². The minimum absolute atomic E-state index is 0.0298. The number of pyridine rings is 1. The van der Waals surface area contributed by atoms with E-state index in [1.165, 1.54) is 0 Å². The number of aromatic nitrogens is 3. The number of amides is 1. The van der Waals surface area contributed by atoms with Crippen molar-refractivity contribution in [3.63, 3.8) is 0 Å². The third-order valence-electron chi connectivity index (χ3n) is 5.86. The number of hydrogen-bond donors (Lipinski definition) is 0. The first-order chi connectivity index (χ1) is 15.5. The molecule has 7 nitrogen and oxygen atoms in total. The van der Waals surface area contributed by atoms with Crippen LogP contribution >= 0.6 is 0 Å². The largest absolute Gasteiger partial charge is 0.491 e. The smallest absolute Gasteiger partial charge is 0.257 e. The van der Waals surface area contributed by atoms with Crippen molar-refractivity contribution in [2.45, 2.75) is 18.8 Å². The zero-order valence-electron chi connectivity index (χ0n) is 19.1. The fourth-order valence-corrected chi connectivity index (χ4v) is 4.07. The lowest BCUT2D eigenvalue weighted by Crippen LogP contribution is -2.39. The number of carbonyl (C=O) groups excluding carboxylic acids is 1. The Morgan fingerprint density at radius 1 is 1.16 bits per heavy atom. The first-order valence-corrected chi connectivity index (χ1v) is 11.1. The Bertz CT molecular complexity index is 1040. The summed E-state index contributed by atoms with van der Waals surface area (Å²) < 4.78 is 7.71. The van der Waals surface area contributed by atoms with Gasteiger partial charge in [0, 0.05) is 61.8 Å². The van der Waals surface area contributed by atoms with Crippen molar-refractivity contribution < 1.29 is 9.53 Å². The standard InChI is InChI=1S/C25H31N5O2/c1-28(2)13-14-32-24-9-5-4-8-22(24)25(31)30-12-6-7-20(18-30)23-11-10-19(15-26-23)21-16-27-29(3)17-21/h4-5,8-11,15-17,20H,6-7,12-14,18H2,1-3H3/t20-/m1/s1. The monoisotopic (exact) mass is 433 g/mol. The van der Waals surface area contributed by atoms with Gasteiger partial charge in [-0.3, -0.25) is 14.5 Å². The predicted molar refractivity (Wildman–Crippen MR) is 125 cm³/mol. The van der Waals surface area contributed by atoms with E-state index in [0.717, 1.165) is 42.8 Å². The summed E-state index contributed by atoms with van der Waals surface area (Å²) >= 11 is 0. The normalized spacial score (nSPS) is 16.4. The van der Waals surface area contributed by atoms with Gasteiger partial charge in [0.1, 0.15) is 12.4 Å². The summed E-state index contributed by atoms with van der Waals surface area (Å²) in [6.45, 7) is 2.78. The maximum absolute atomic E-state index is 13.3. The van der Waals surface area contributed by atoms with Crippen LogP contribution in [0.1, 0.15) is 34.8 Å². The van der Waals surface area contributed by atoms with E-state index in [1.807, 2.05) is 68.9 Å². The van der Waals surface area contributed by atoms with Crippen LogP contribution in [-0.4, -0.2) is 70.8 Å². The summed E-state index contributed by atoms with van der Waals surface area (Å²) in [6, 6.07) is 11.7. The molecule has 3 heterocycles. The van der Waals surface area contributed by atoms with E-state index in [4.69, 9.17) is 9.72 Å². The number of rotatable bonds is 7. The van der Waals surface area contributed by atoms with Gasteiger partial charge in [-0.25, -0.2) is 0 Å². The molecule has 4 rings (SSSR count). The number of piperidine rings is 1. The molecule has 0 bridgehead atoms. The average Bonchev–Trinajstić information content (AvgIpc) is 3.25. The minimum atomic E-state index is 0.0298. The lowest BCUT2D eigenvalue weighted by atomic mass is 9.93. The summed E-state index contributed by atoms with van der Waals surface area (Å²) in [5.41, 5.74) is 3.77. The van der Waals surface area contributed by atoms with Crippen LogP contribution in [0.3, 0.4) is 0 Å². The van der Waals surface area contributed by atoms with Gasteiger partial charge in [-0.2, -0.15) is 5.10 Å². The molecule has 1 atom stereocenters. The quantitative estimate of drug-likeness (QED) is 0.571. The number of likely N-dealkylation sites (N-methyl/N-ethyl adjacent to an activating group) is 1. The van der Waals surface area contributed by atoms with Crippen LogP contribution in [0.5, 0.6) is 5.75 Å². The molecule has 32 heavy (non-hydrogen) atoms. The van der Waals surface area contributed by atoms with Crippen LogP contribution in [0.4, 0.5) is 0 Å². The second kappa shape index (κ2) is 9.96. The fraction of sp³-hybridized carbons (Fsp3) is 0.400. The number of para-hydroxylation sites is 1. The van der Waals surface area contributed by atoms with Gasteiger partial charge in [0.2, 0.25) is 0 Å². The lowest BCUT2D eigenvalue weighted by Gasteiger charge is -2.33. The SMILES string of the molecule is CN(C)CCOc1ccccc1C(=O)N1CCC[C@@H](c2ccc(-c3cnn(C)c3)cn2)C1. The Morgan fingerprint density at radius 3 is 2.72 bits per heavy atom. The number of nitrogens with zero attached hydrogens (tertiary/aromatic N) is 5. The molecule has 7 heteroatoms. The van der Waals surface area contributed by atoms with Crippen molar-refractivity contribution in [2.24, 2.45) is 7.05 Å². The van der Waals surface area contributed by atoms with Crippen LogP contribution in [0, 0.1) is 0 Å². The Hall–Kier alpha value is -3.19. The maximum Gasteiger partial charge on any atom is 0.257 e. The highest BCUT2D eigenvalue weighted by Crippen LogP contribution is 2.29. The molecular weight excluding hydrogens is 402 g/mol. The van der Waals surface area contributed by atoms with Gasteiger partial charge in [-0.15, -0.1) is 0 Å². The second-order valence-electron chi connectivity index (χ2n) is 8.61. The van der Waals surface area contributed by atoms with Crippen LogP contribution in [0.25, 0.3) is 11.1 Å². The highest BCUT2D eigenvalue weighted by molar-refractivity contribution is 5.97. The van der Waals surface area contributed by atoms with Gasteiger partial charge in [0.25, 0.3) is 5.91 Å². The topological polar surface area (TPSA) is 63.5 Å². The van der Waals surface area contributed by atoms with Gasteiger partial charge in [-0.05, 0) is 45.1 Å². The zero-order chi connectivity index (χ0) is 22.5. The molecule has 168 valence electrons. The van der Waals surface area contributed by atoms with Crippen molar-refractivity contribution in [1.82, 2.24) is 24.6 Å². The van der Waals surface area contributed by atoms with Crippen molar-refractivity contribution >= 4 is 5.91 Å². The molecule has 1 saturated heterocycles. The molecule has 0 spiro atoms. The van der Waals surface area contributed by atoms with E-state index in [1.54, 1.807) is 4.68 Å². The summed E-state index contributed by atoms with van der Waals surface area (Å²) in [6.07, 6.45) is 7.72. The summed E-state index contributed by atoms with van der Waals surface area (Å²) in [5.74, 6) is 0.917. The van der Waals surface area contributed by atoms with E-state index < -0.39 is 0 Å². The Balaban J connectivity index is 1.44. The van der Waals surface area contributed by atoms with Crippen molar-refractivity contribution in [1.29, 1.82) is 0 Å². The summed E-state index contributed by atoms with van der Waals surface area (Å²) in [5, 5.41) is 4.23. The van der Waals surface area contributed by atoms with Crippen molar-refractivity contribution in [3.8, 4) is 16.9 Å². The number of aryl methyl sites for hydroxylation is 1. The molecule has 0 saturated carbocycles. The number of benzene rings is 1. The Morgan fingerprint density at radius 2 is 2.00 bits per heavy atom. The van der Waals surface area contributed by atoms with Gasteiger partial charge in [0.15, 0.2) is 0 Å². The molecule has 1 aromatic carbocycles. The Kier molecular flexibility index (Phi) is 6.85. The third kappa shape index (κ3) is 5.16. The van der Waals surface area contributed by atoms with E-state index in [-0.39, 0.29) is 11.8 Å². The molecule has 1 aliphatic heterocycles. The molecule has 1 fully saturated rings. The van der Waals surface area contributed by atoms with E-state index in [2.05, 4.69) is 22.1 Å². The molecule has 0 unspecified atom stereocenters. The first-order valence-electron chi connectivity index (χ1n) is 11.1. The highest BCUT2D eigenvalue weighted by atomic mass is 16.5. The Labute approximate surface area is 189 Å². The molecule has 1 aliphatic rings. The minimum Gasteiger partial charge on any atom is -0.491 e. The summed E-state index contributed by atoms with van der Waals surface area (Å²) in [4.78, 5) is 22.1. The predicted octanol–water partition coefficient (Wildman–Crippen LogP) is 3.44. The highest BCUT2D eigenvalue weighted by Gasteiger charge is 2.27. The van der Waals surface area contributed by atoms with Crippen molar-refractivity contribution in [2.75, 3.05) is 40.3 Å². The maximum atomic E-state index is 13.3. The van der Waals surface area contributed by atoms with E-state index >= 15 is 0 Å². The van der Waals surface area contributed by atoms with Gasteiger partial charge < -0.3 is 14.5 Å². The van der Waals surface area contributed by atoms with Crippen LogP contribution in [0.2, 0.25) is 0 Å². The molecule has 2 aromatic heterocycles. The van der Waals surface area contributed by atoms with E-state index in [9.17, 15) is 4.79 Å². The number of hydrogen-bond acceptors (Lipinski definition) is 5. The van der Waals surface area contributed by atoms with E-state index in [0.29, 0.717) is 24.5 Å². The molecular formula is C25H31N5O2. The van der Waals surface area contributed by atoms with Gasteiger partial charge in [0.05, 0.1) is 11.8 Å². The lowest BCUT2D eigenvalue weighted by molar-refractivity contribution is 0.0701. The second-order valence-corrected chi connectivity index (χ2v) is 8.61. The number of carbonyl (C=O) groups is 1. The van der Waals surface area contributed by atoms with Crippen LogP contribution < -0.4 is 4.74 Å². The first kappa shape index (κ1) is 22.0. The molecule has 0 radical (unpaired) electrons. The van der Waals surface area contributed by atoms with Gasteiger partial charge in [-0.1, -0.05) is 18.2 Å². The molecule has 3 aromatic rings. The van der Waals surface area contributed by atoms with Gasteiger partial charge >= 0.3 is 0 Å². The molecule has 1 amide bonds. The number of ether oxygens (including phenoxy) is 1. The molecule has 0 aliphatic carbocycles. The molecule has 0 N–H and O–H groups in total. The fourth-order valence-electron chi connectivity index (χ4n) is 4.07. The summed E-state index contributed by atoms with van der Waals surface area (Å²) in [7, 11) is 5.92. The van der Waals surface area contributed by atoms with Crippen LogP contribution in [-0.2, 0) is 7.05 Å². The van der Waals surface area contributed by atoms with Crippen LogP contribution in [0.15, 0.2) is 55.0 Å². The zero-order valence-corrected chi connectivity index (χ0v) is 19.1. The average molecular weight is 434 g/mol. The third-order valence-corrected chi connectivity index (χ3v) is 5.86. The number of likely N-dealkylation sites (tertiary alicyclic amines) is 1.